The van der Waals surface area contributed by atoms with Crippen LogP contribution in [0.1, 0.15) is 81.8 Å². The summed E-state index contributed by atoms with van der Waals surface area (Å²) in [7, 11) is 0. The summed E-state index contributed by atoms with van der Waals surface area (Å²) in [5, 5.41) is 0. The first kappa shape index (κ1) is 21.0. The number of unbranched alkanes of at least 4 members (excludes halogenated alkanes) is 4. The molecule has 0 bridgehead atoms. The van der Waals surface area contributed by atoms with E-state index in [1.165, 1.54) is 60.8 Å². The van der Waals surface area contributed by atoms with Crippen molar-refractivity contribution in [3.8, 4) is 11.1 Å². The zero-order valence-electron chi connectivity index (χ0n) is 17.2. The molecule has 1 saturated carbocycles. The molecule has 152 valence electrons. The minimum atomic E-state index is -2.15. The van der Waals surface area contributed by atoms with E-state index in [0.29, 0.717) is 18.8 Å². The third-order valence-electron chi connectivity index (χ3n) is 6.37. The Morgan fingerprint density at radius 2 is 1.32 bits per heavy atom. The lowest BCUT2D eigenvalue weighted by molar-refractivity contribution is 0.0528. The topological polar surface area (TPSA) is 0 Å². The molecule has 2 heteroatoms. The van der Waals surface area contributed by atoms with Gasteiger partial charge >= 0.3 is 0 Å². The highest BCUT2D eigenvalue weighted by Crippen LogP contribution is 2.38. The predicted octanol–water partition coefficient (Wildman–Crippen LogP) is 8.41. The largest absolute Gasteiger partial charge is 0.241 e. The maximum atomic E-state index is 12.8. The SMILES string of the molecule is CCCCCCCc1ccc(-c2ccc([C@H]3CC[C@H](C(F)F)CC3)cc2)cc1. The smallest absolute Gasteiger partial charge is 0.210 e. The molecule has 0 aromatic heterocycles. The van der Waals surface area contributed by atoms with Crippen LogP contribution in [0.3, 0.4) is 0 Å². The Balaban J connectivity index is 1.52. The standard InChI is InChI=1S/C26H34F2/c1-2-3-4-5-6-7-20-8-10-21(11-9-20)22-12-14-23(15-13-22)24-16-18-25(19-17-24)26(27)28/h8-15,24-26H,2-7,16-19H2,1H3/t24-,25-. The molecule has 0 spiro atoms. The second kappa shape index (κ2) is 10.7. The number of hydrogen-bond donors (Lipinski definition) is 0. The van der Waals surface area contributed by atoms with Gasteiger partial charge in [-0.3, -0.25) is 0 Å². The summed E-state index contributed by atoms with van der Waals surface area (Å²) in [6.07, 6.45) is 8.72. The summed E-state index contributed by atoms with van der Waals surface area (Å²) in [4.78, 5) is 0. The van der Waals surface area contributed by atoms with E-state index < -0.39 is 6.43 Å². The quantitative estimate of drug-likeness (QED) is 0.381. The van der Waals surface area contributed by atoms with Crippen molar-refractivity contribution in [3.63, 3.8) is 0 Å². The van der Waals surface area contributed by atoms with Crippen LogP contribution in [0.25, 0.3) is 11.1 Å². The Labute approximate surface area is 169 Å². The number of alkyl halides is 2. The molecule has 0 amide bonds. The molecular weight excluding hydrogens is 350 g/mol. The van der Waals surface area contributed by atoms with Gasteiger partial charge in [0.1, 0.15) is 0 Å². The number of hydrogen-bond acceptors (Lipinski definition) is 0. The molecular formula is C26H34F2. The monoisotopic (exact) mass is 384 g/mol. The molecule has 2 aromatic rings. The van der Waals surface area contributed by atoms with Crippen molar-refractivity contribution in [2.24, 2.45) is 5.92 Å². The average Bonchev–Trinajstić information content (AvgIpc) is 2.74. The fraction of sp³-hybridized carbons (Fsp3) is 0.538. The van der Waals surface area contributed by atoms with Gasteiger partial charge in [-0.2, -0.15) is 0 Å². The predicted molar refractivity (Wildman–Crippen MR) is 115 cm³/mol. The van der Waals surface area contributed by atoms with Gasteiger partial charge < -0.3 is 0 Å². The van der Waals surface area contributed by atoms with Crippen LogP contribution in [0.5, 0.6) is 0 Å². The Bertz CT molecular complexity index is 679. The second-order valence-corrected chi connectivity index (χ2v) is 8.43. The molecule has 0 saturated heterocycles. The molecule has 0 nitrogen and oxygen atoms in total. The van der Waals surface area contributed by atoms with Gasteiger partial charge in [0.2, 0.25) is 6.43 Å². The first-order valence-electron chi connectivity index (χ1n) is 11.1. The highest BCUT2D eigenvalue weighted by molar-refractivity contribution is 5.64. The summed E-state index contributed by atoms with van der Waals surface area (Å²) >= 11 is 0. The van der Waals surface area contributed by atoms with Crippen LogP contribution in [0, 0.1) is 5.92 Å². The average molecular weight is 385 g/mol. The molecule has 0 atom stereocenters. The van der Waals surface area contributed by atoms with Crippen LogP contribution in [0.15, 0.2) is 48.5 Å². The first-order chi connectivity index (χ1) is 13.7. The zero-order valence-corrected chi connectivity index (χ0v) is 17.2. The normalized spacial score (nSPS) is 19.9. The molecule has 1 aliphatic rings. The molecule has 3 rings (SSSR count). The molecule has 28 heavy (non-hydrogen) atoms. The molecule has 0 N–H and O–H groups in total. The van der Waals surface area contributed by atoms with E-state index in [1.54, 1.807) is 0 Å². The van der Waals surface area contributed by atoms with Gasteiger partial charge in [-0.25, -0.2) is 8.78 Å². The Kier molecular flexibility index (Phi) is 8.06. The molecule has 0 heterocycles. The molecule has 0 radical (unpaired) electrons. The van der Waals surface area contributed by atoms with Crippen LogP contribution in [-0.2, 0) is 6.42 Å². The minimum absolute atomic E-state index is 0.388. The number of aryl methyl sites for hydroxylation is 1. The molecule has 1 fully saturated rings. The summed E-state index contributed by atoms with van der Waals surface area (Å²) in [6, 6.07) is 17.7. The summed E-state index contributed by atoms with van der Waals surface area (Å²) in [5.74, 6) is 0.0554. The van der Waals surface area contributed by atoms with Gasteiger partial charge in [0.25, 0.3) is 0 Å². The van der Waals surface area contributed by atoms with Crippen molar-refractivity contribution >= 4 is 0 Å². The van der Waals surface area contributed by atoms with E-state index in [1.807, 2.05) is 0 Å². The second-order valence-electron chi connectivity index (χ2n) is 8.43. The van der Waals surface area contributed by atoms with E-state index in [4.69, 9.17) is 0 Å². The number of halogens is 2. The van der Waals surface area contributed by atoms with Crippen molar-refractivity contribution < 1.29 is 8.78 Å². The summed E-state index contributed by atoms with van der Waals surface area (Å²) in [5.41, 5.74) is 5.22. The van der Waals surface area contributed by atoms with Crippen LogP contribution >= 0.6 is 0 Å². The molecule has 2 aromatic carbocycles. The Morgan fingerprint density at radius 1 is 0.750 bits per heavy atom. The van der Waals surface area contributed by atoms with Crippen LogP contribution in [-0.4, -0.2) is 6.43 Å². The lowest BCUT2D eigenvalue weighted by Crippen LogP contribution is -2.19. The van der Waals surface area contributed by atoms with Crippen molar-refractivity contribution in [1.82, 2.24) is 0 Å². The lowest BCUT2D eigenvalue weighted by atomic mass is 9.78. The van der Waals surface area contributed by atoms with Crippen LogP contribution in [0.2, 0.25) is 0 Å². The summed E-state index contributed by atoms with van der Waals surface area (Å²) in [6.45, 7) is 2.25. The van der Waals surface area contributed by atoms with Crippen LogP contribution < -0.4 is 0 Å². The van der Waals surface area contributed by atoms with E-state index in [0.717, 1.165) is 12.8 Å². The van der Waals surface area contributed by atoms with Gasteiger partial charge in [-0.15, -0.1) is 0 Å². The third-order valence-corrected chi connectivity index (χ3v) is 6.37. The summed E-state index contributed by atoms with van der Waals surface area (Å²) < 4.78 is 25.7. The minimum Gasteiger partial charge on any atom is -0.210 e. The van der Waals surface area contributed by atoms with E-state index in [-0.39, 0.29) is 5.92 Å². The van der Waals surface area contributed by atoms with Gasteiger partial charge in [-0.05, 0) is 66.7 Å². The van der Waals surface area contributed by atoms with Crippen molar-refractivity contribution in [1.29, 1.82) is 0 Å². The van der Waals surface area contributed by atoms with Gasteiger partial charge in [-0.1, -0.05) is 81.1 Å². The van der Waals surface area contributed by atoms with E-state index >= 15 is 0 Å². The highest BCUT2D eigenvalue weighted by Gasteiger charge is 2.27. The van der Waals surface area contributed by atoms with Gasteiger partial charge in [0.15, 0.2) is 0 Å². The lowest BCUT2D eigenvalue weighted by Gasteiger charge is -2.28. The van der Waals surface area contributed by atoms with Crippen LogP contribution in [0.4, 0.5) is 8.78 Å². The maximum Gasteiger partial charge on any atom is 0.241 e. The zero-order chi connectivity index (χ0) is 19.8. The van der Waals surface area contributed by atoms with Gasteiger partial charge in [0.05, 0.1) is 0 Å². The van der Waals surface area contributed by atoms with Crippen molar-refractivity contribution in [3.05, 3.63) is 59.7 Å². The van der Waals surface area contributed by atoms with E-state index in [2.05, 4.69) is 55.5 Å². The Hall–Kier alpha value is -1.70. The maximum absolute atomic E-state index is 12.8. The molecule has 1 aliphatic carbocycles. The Morgan fingerprint density at radius 3 is 1.89 bits per heavy atom. The highest BCUT2D eigenvalue weighted by atomic mass is 19.3. The number of rotatable bonds is 9. The fourth-order valence-electron chi connectivity index (χ4n) is 4.45. The number of benzene rings is 2. The fourth-order valence-corrected chi connectivity index (χ4v) is 4.45. The van der Waals surface area contributed by atoms with Gasteiger partial charge in [0, 0.05) is 5.92 Å². The van der Waals surface area contributed by atoms with E-state index in [9.17, 15) is 8.78 Å². The van der Waals surface area contributed by atoms with Crippen molar-refractivity contribution in [2.45, 2.75) is 83.5 Å². The first-order valence-corrected chi connectivity index (χ1v) is 11.1. The molecule has 0 unspecified atom stereocenters. The molecule has 0 aliphatic heterocycles. The van der Waals surface area contributed by atoms with Crippen molar-refractivity contribution in [2.75, 3.05) is 0 Å². The third kappa shape index (κ3) is 5.90.